The molecule has 0 amide bonds. The fraction of sp³-hybridized carbons (Fsp3) is 0.423. The third-order valence-corrected chi connectivity index (χ3v) is 7.13. The molecule has 0 saturated carbocycles. The number of nitrogens with zero attached hydrogens (tertiary/aromatic N) is 1. The van der Waals surface area contributed by atoms with Gasteiger partial charge in [0.15, 0.2) is 0 Å². The van der Waals surface area contributed by atoms with Crippen molar-refractivity contribution in [3.63, 3.8) is 0 Å². The smallest absolute Gasteiger partial charge is 0.385 e. The number of carbonyl (C=O) groups is 2. The summed E-state index contributed by atoms with van der Waals surface area (Å²) in [5.41, 5.74) is -3.55. The minimum Gasteiger partial charge on any atom is -0.385 e. The van der Waals surface area contributed by atoms with Crippen LogP contribution in [-0.4, -0.2) is 43.9 Å². The molecule has 0 aliphatic carbocycles. The first kappa shape index (κ1) is 30.8. The zero-order valence-corrected chi connectivity index (χ0v) is 22.3. The van der Waals surface area contributed by atoms with Gasteiger partial charge in [0.05, 0.1) is 17.7 Å². The Bertz CT molecular complexity index is 1310. The molecular formula is C26H23Cl2F5N2O4. The number of ether oxygens (including phenoxy) is 2. The maximum absolute atomic E-state index is 15.5. The Hall–Kier alpha value is -2.78. The van der Waals surface area contributed by atoms with Gasteiger partial charge < -0.3 is 9.47 Å². The van der Waals surface area contributed by atoms with E-state index in [9.17, 15) is 28.0 Å². The minimum atomic E-state index is -5.51. The van der Waals surface area contributed by atoms with Crippen molar-refractivity contribution >= 4 is 35.1 Å². The molecule has 1 aliphatic rings. The largest absolute Gasteiger partial charge is 0.491 e. The van der Waals surface area contributed by atoms with Gasteiger partial charge in [0.2, 0.25) is 0 Å². The molecule has 1 N–H and O–H groups in total. The standard InChI is InChI=1S/C26H23Cl2F5N2O4/c1-24(2,12-38-3)10-18-25(11-34,15-8-7-13(27)9-17(15)29)19(14-5-4-6-16(28)20(14)30)21(35-18)22(36)39-23(37)26(31,32)33/h4-9,18-19,21,35H,10,12H2,1-3H3/t18-,19-,21+,25-/m0/s1. The lowest BCUT2D eigenvalue weighted by molar-refractivity contribution is -0.202. The molecule has 210 valence electrons. The summed E-state index contributed by atoms with van der Waals surface area (Å²) in [6.07, 6.45) is -5.52. The molecule has 2 aromatic carbocycles. The van der Waals surface area contributed by atoms with Crippen molar-refractivity contribution in [3.8, 4) is 6.07 Å². The zero-order valence-electron chi connectivity index (χ0n) is 20.8. The van der Waals surface area contributed by atoms with Crippen LogP contribution in [0.4, 0.5) is 22.0 Å². The first-order valence-corrected chi connectivity index (χ1v) is 12.2. The number of benzene rings is 2. The molecule has 1 aliphatic heterocycles. The van der Waals surface area contributed by atoms with Gasteiger partial charge in [0, 0.05) is 29.7 Å². The Morgan fingerprint density at radius 3 is 2.38 bits per heavy atom. The van der Waals surface area contributed by atoms with Crippen LogP contribution < -0.4 is 5.32 Å². The molecule has 4 atom stereocenters. The Labute approximate surface area is 231 Å². The lowest BCUT2D eigenvalue weighted by Gasteiger charge is -2.38. The van der Waals surface area contributed by atoms with Crippen molar-refractivity contribution in [2.75, 3.05) is 13.7 Å². The van der Waals surface area contributed by atoms with E-state index in [0.29, 0.717) is 0 Å². The molecule has 2 aromatic rings. The van der Waals surface area contributed by atoms with Crippen LogP contribution in [-0.2, 0) is 24.5 Å². The average Bonchev–Trinajstić information content (AvgIpc) is 3.14. The SMILES string of the molecule is COCC(C)(C)C[C@@H]1N[C@@H](C(=O)OC(=O)C(F)(F)F)[C@H](c2cccc(Cl)c2F)[C@@]1(C#N)c1ccc(Cl)cc1F. The number of nitriles is 1. The fourth-order valence-electron chi connectivity index (χ4n) is 5.14. The number of rotatable bonds is 7. The molecule has 6 nitrogen and oxygen atoms in total. The zero-order chi connectivity index (χ0) is 29.3. The molecule has 1 fully saturated rings. The number of methoxy groups -OCH3 is 1. The predicted octanol–water partition coefficient (Wildman–Crippen LogP) is 5.85. The molecule has 0 spiro atoms. The van der Waals surface area contributed by atoms with E-state index in [1.807, 2.05) is 6.07 Å². The Kier molecular flexibility index (Phi) is 8.97. The summed E-state index contributed by atoms with van der Waals surface area (Å²) in [5.74, 6) is -8.30. The number of halogens is 7. The molecule has 1 heterocycles. The Balaban J connectivity index is 2.34. The molecule has 0 bridgehead atoms. The van der Waals surface area contributed by atoms with Gasteiger partial charge in [-0.15, -0.1) is 0 Å². The number of hydrogen-bond donors (Lipinski definition) is 1. The van der Waals surface area contributed by atoms with E-state index in [1.54, 1.807) is 13.8 Å². The van der Waals surface area contributed by atoms with E-state index >= 15 is 8.78 Å². The van der Waals surface area contributed by atoms with Crippen molar-refractivity contribution in [1.82, 2.24) is 5.32 Å². The van der Waals surface area contributed by atoms with Gasteiger partial charge in [0.25, 0.3) is 0 Å². The van der Waals surface area contributed by atoms with Gasteiger partial charge >= 0.3 is 18.1 Å². The minimum absolute atomic E-state index is 0.00779. The monoisotopic (exact) mass is 592 g/mol. The topological polar surface area (TPSA) is 88.4 Å². The van der Waals surface area contributed by atoms with Crippen LogP contribution in [0.2, 0.25) is 10.0 Å². The normalized spacial score (nSPS) is 23.4. The van der Waals surface area contributed by atoms with E-state index in [1.165, 1.54) is 37.4 Å². The van der Waals surface area contributed by atoms with Gasteiger partial charge in [0.1, 0.15) is 23.1 Å². The molecule has 1 saturated heterocycles. The maximum Gasteiger partial charge on any atom is 0.491 e. The maximum atomic E-state index is 15.5. The van der Waals surface area contributed by atoms with Gasteiger partial charge in [-0.05, 0) is 35.6 Å². The molecule has 3 rings (SSSR count). The first-order chi connectivity index (χ1) is 18.1. The van der Waals surface area contributed by atoms with Gasteiger partial charge in [-0.1, -0.05) is 55.2 Å². The highest BCUT2D eigenvalue weighted by atomic mass is 35.5. The van der Waals surface area contributed by atoms with Crippen molar-refractivity contribution < 1.29 is 41.0 Å². The number of esters is 2. The second kappa shape index (κ2) is 11.4. The Morgan fingerprint density at radius 1 is 1.15 bits per heavy atom. The second-order valence-corrected chi connectivity index (χ2v) is 10.8. The first-order valence-electron chi connectivity index (χ1n) is 11.5. The van der Waals surface area contributed by atoms with Crippen LogP contribution in [0.5, 0.6) is 0 Å². The highest BCUT2D eigenvalue weighted by molar-refractivity contribution is 6.31. The molecule has 39 heavy (non-hydrogen) atoms. The third-order valence-electron chi connectivity index (χ3n) is 6.60. The predicted molar refractivity (Wildman–Crippen MR) is 131 cm³/mol. The van der Waals surface area contributed by atoms with Crippen molar-refractivity contribution in [1.29, 1.82) is 5.26 Å². The molecule has 0 unspecified atom stereocenters. The van der Waals surface area contributed by atoms with E-state index in [2.05, 4.69) is 10.1 Å². The molecular weight excluding hydrogens is 570 g/mol. The summed E-state index contributed by atoms with van der Waals surface area (Å²) < 4.78 is 79.2. The highest BCUT2D eigenvalue weighted by Gasteiger charge is 2.62. The summed E-state index contributed by atoms with van der Waals surface area (Å²) in [6, 6.07) is 5.95. The average molecular weight is 593 g/mol. The van der Waals surface area contributed by atoms with Crippen LogP contribution in [0, 0.1) is 28.4 Å². The van der Waals surface area contributed by atoms with E-state index in [-0.39, 0.29) is 29.2 Å². The molecule has 0 aromatic heterocycles. The van der Waals surface area contributed by atoms with E-state index in [4.69, 9.17) is 27.9 Å². The number of hydrogen-bond acceptors (Lipinski definition) is 6. The fourth-order valence-corrected chi connectivity index (χ4v) is 5.48. The Morgan fingerprint density at radius 2 is 1.82 bits per heavy atom. The quantitative estimate of drug-likeness (QED) is 0.246. The van der Waals surface area contributed by atoms with Gasteiger partial charge in [-0.25, -0.2) is 18.4 Å². The van der Waals surface area contributed by atoms with E-state index < -0.39 is 63.6 Å². The molecule has 0 radical (unpaired) electrons. The number of nitrogens with one attached hydrogen (secondary N) is 1. The van der Waals surface area contributed by atoms with Crippen molar-refractivity contribution in [2.24, 2.45) is 5.41 Å². The number of carbonyl (C=O) groups excluding carboxylic acids is 2. The third kappa shape index (κ3) is 6.04. The van der Waals surface area contributed by atoms with Gasteiger partial charge in [-0.3, -0.25) is 5.32 Å². The summed E-state index contributed by atoms with van der Waals surface area (Å²) in [4.78, 5) is 24.6. The van der Waals surface area contributed by atoms with Crippen LogP contribution in [0.15, 0.2) is 36.4 Å². The number of alkyl halides is 3. The molecule has 13 heteroatoms. The lowest BCUT2D eigenvalue weighted by Crippen LogP contribution is -2.46. The summed E-state index contributed by atoms with van der Waals surface area (Å²) >= 11 is 11.9. The van der Waals surface area contributed by atoms with Gasteiger partial charge in [-0.2, -0.15) is 18.4 Å². The van der Waals surface area contributed by atoms with Crippen molar-refractivity contribution in [3.05, 3.63) is 69.2 Å². The van der Waals surface area contributed by atoms with Crippen LogP contribution in [0.1, 0.15) is 37.3 Å². The summed E-state index contributed by atoms with van der Waals surface area (Å²) in [7, 11) is 1.42. The van der Waals surface area contributed by atoms with Crippen LogP contribution in [0.25, 0.3) is 0 Å². The van der Waals surface area contributed by atoms with Crippen LogP contribution >= 0.6 is 23.2 Å². The summed E-state index contributed by atoms with van der Waals surface area (Å²) in [5, 5.41) is 13.0. The summed E-state index contributed by atoms with van der Waals surface area (Å²) in [6.45, 7) is 3.62. The van der Waals surface area contributed by atoms with E-state index in [0.717, 1.165) is 6.07 Å². The van der Waals surface area contributed by atoms with Crippen molar-refractivity contribution in [2.45, 2.75) is 49.9 Å². The highest BCUT2D eigenvalue weighted by Crippen LogP contribution is 2.53. The lowest BCUT2D eigenvalue weighted by atomic mass is 9.62. The second-order valence-electron chi connectivity index (χ2n) is 9.93. The van der Waals surface area contributed by atoms with Crippen LogP contribution in [0.3, 0.4) is 0 Å².